The highest BCUT2D eigenvalue weighted by Gasteiger charge is 2.22. The van der Waals surface area contributed by atoms with E-state index in [1.165, 1.54) is 0 Å². The lowest BCUT2D eigenvalue weighted by atomic mass is 9.87. The summed E-state index contributed by atoms with van der Waals surface area (Å²) in [5.74, 6) is -0.409. The topological polar surface area (TPSA) is 66.5 Å². The van der Waals surface area contributed by atoms with E-state index >= 15 is 0 Å². The summed E-state index contributed by atoms with van der Waals surface area (Å²) in [6.07, 6.45) is 1.11. The van der Waals surface area contributed by atoms with Crippen LogP contribution in [0.25, 0.3) is 11.1 Å². The third-order valence-corrected chi connectivity index (χ3v) is 6.14. The molecule has 0 bridgehead atoms. The second-order valence-corrected chi connectivity index (χ2v) is 10.4. The van der Waals surface area contributed by atoms with Crippen molar-refractivity contribution in [3.8, 4) is 11.1 Å². The first kappa shape index (κ1) is 22.6. The molecular weight excluding hydrogens is 408 g/mol. The fourth-order valence-corrected chi connectivity index (χ4v) is 4.17. The number of carbonyl (C=O) groups excluding carboxylic acids is 1. The number of para-hydroxylation sites is 1. The van der Waals surface area contributed by atoms with Gasteiger partial charge in [-0.3, -0.25) is 9.10 Å². The highest BCUT2D eigenvalue weighted by atomic mass is 32.2. The van der Waals surface area contributed by atoms with Crippen molar-refractivity contribution >= 4 is 27.3 Å². The average molecular weight is 437 g/mol. The van der Waals surface area contributed by atoms with E-state index in [4.69, 9.17) is 0 Å². The molecule has 0 aliphatic rings. The number of amides is 1. The Morgan fingerprint density at radius 2 is 1.45 bits per heavy atom. The Hall–Kier alpha value is -3.12. The molecule has 0 aromatic heterocycles. The van der Waals surface area contributed by atoms with E-state index in [0.717, 1.165) is 27.3 Å². The molecule has 6 heteroatoms. The molecule has 162 valence electrons. The molecule has 0 unspecified atom stereocenters. The first-order chi connectivity index (χ1) is 14.6. The van der Waals surface area contributed by atoms with Crippen molar-refractivity contribution < 1.29 is 13.2 Å². The lowest BCUT2D eigenvalue weighted by Gasteiger charge is -2.24. The molecule has 1 N–H and O–H groups in total. The molecule has 0 aliphatic heterocycles. The SMILES string of the molecule is CC(C)(C)c1ccc(N(CC(=O)Nc2ccccc2-c2ccccc2)S(C)(=O)=O)cc1. The van der Waals surface area contributed by atoms with Crippen LogP contribution in [0.4, 0.5) is 11.4 Å². The molecule has 0 fully saturated rings. The number of benzene rings is 3. The number of anilines is 2. The first-order valence-electron chi connectivity index (χ1n) is 10.1. The normalized spacial score (nSPS) is 11.7. The van der Waals surface area contributed by atoms with Gasteiger partial charge in [0.1, 0.15) is 6.54 Å². The molecule has 0 saturated carbocycles. The van der Waals surface area contributed by atoms with Crippen LogP contribution in [-0.2, 0) is 20.2 Å². The van der Waals surface area contributed by atoms with Crippen LogP contribution in [0.5, 0.6) is 0 Å². The quantitative estimate of drug-likeness (QED) is 0.588. The van der Waals surface area contributed by atoms with Gasteiger partial charge in [-0.25, -0.2) is 8.42 Å². The number of nitrogens with one attached hydrogen (secondary N) is 1. The highest BCUT2D eigenvalue weighted by Crippen LogP contribution is 2.28. The zero-order valence-corrected chi connectivity index (χ0v) is 19.1. The van der Waals surface area contributed by atoms with Crippen LogP contribution in [0.1, 0.15) is 26.3 Å². The van der Waals surface area contributed by atoms with E-state index in [9.17, 15) is 13.2 Å². The monoisotopic (exact) mass is 436 g/mol. The fraction of sp³-hybridized carbons (Fsp3) is 0.240. The summed E-state index contributed by atoms with van der Waals surface area (Å²) < 4.78 is 26.0. The van der Waals surface area contributed by atoms with Crippen molar-refractivity contribution in [3.05, 3.63) is 84.4 Å². The van der Waals surface area contributed by atoms with Crippen LogP contribution < -0.4 is 9.62 Å². The Labute approximate surface area is 184 Å². The molecule has 3 aromatic carbocycles. The second-order valence-electron chi connectivity index (χ2n) is 8.53. The van der Waals surface area contributed by atoms with Gasteiger partial charge < -0.3 is 5.32 Å². The molecule has 0 heterocycles. The fourth-order valence-electron chi connectivity index (χ4n) is 3.31. The Kier molecular flexibility index (Phi) is 6.51. The summed E-state index contributed by atoms with van der Waals surface area (Å²) in [6.45, 7) is 5.97. The zero-order valence-electron chi connectivity index (χ0n) is 18.3. The first-order valence-corrected chi connectivity index (χ1v) is 11.9. The Balaban J connectivity index is 1.84. The summed E-state index contributed by atoms with van der Waals surface area (Å²) in [4.78, 5) is 12.8. The van der Waals surface area contributed by atoms with E-state index < -0.39 is 15.9 Å². The molecule has 0 spiro atoms. The van der Waals surface area contributed by atoms with Gasteiger partial charge in [0.15, 0.2) is 0 Å². The van der Waals surface area contributed by atoms with Gasteiger partial charge in [-0.15, -0.1) is 0 Å². The smallest absolute Gasteiger partial charge is 0.245 e. The number of rotatable bonds is 6. The number of hydrogen-bond acceptors (Lipinski definition) is 3. The van der Waals surface area contributed by atoms with Crippen LogP contribution in [0.2, 0.25) is 0 Å². The van der Waals surface area contributed by atoms with Crippen molar-refractivity contribution in [2.75, 3.05) is 22.4 Å². The van der Waals surface area contributed by atoms with Gasteiger partial charge >= 0.3 is 0 Å². The van der Waals surface area contributed by atoms with Crippen molar-refractivity contribution in [1.29, 1.82) is 0 Å². The molecule has 1 amide bonds. The van der Waals surface area contributed by atoms with Crippen molar-refractivity contribution in [2.24, 2.45) is 0 Å². The van der Waals surface area contributed by atoms with E-state index in [1.807, 2.05) is 66.7 Å². The van der Waals surface area contributed by atoms with Crippen molar-refractivity contribution in [2.45, 2.75) is 26.2 Å². The van der Waals surface area contributed by atoms with E-state index in [0.29, 0.717) is 11.4 Å². The molecular formula is C25H28N2O3S. The lowest BCUT2D eigenvalue weighted by molar-refractivity contribution is -0.114. The predicted molar refractivity (Wildman–Crippen MR) is 128 cm³/mol. The molecule has 5 nitrogen and oxygen atoms in total. The summed E-state index contributed by atoms with van der Waals surface area (Å²) in [5.41, 5.74) is 3.98. The van der Waals surface area contributed by atoms with Crippen LogP contribution >= 0.6 is 0 Å². The van der Waals surface area contributed by atoms with Gasteiger partial charge in [0.2, 0.25) is 15.9 Å². The van der Waals surface area contributed by atoms with E-state index in [2.05, 4.69) is 26.1 Å². The third kappa shape index (κ3) is 5.73. The standard InChI is InChI=1S/C25H28N2O3S/c1-25(2,3)20-14-16-21(17-15-20)27(31(4,29)30)18-24(28)26-23-13-9-8-12-22(23)19-10-6-5-7-11-19/h5-17H,18H2,1-4H3,(H,26,28). The molecule has 3 aromatic rings. The molecule has 0 radical (unpaired) electrons. The molecule has 31 heavy (non-hydrogen) atoms. The molecule has 0 atom stereocenters. The number of hydrogen-bond donors (Lipinski definition) is 1. The van der Waals surface area contributed by atoms with Gasteiger partial charge in [0.05, 0.1) is 11.9 Å². The maximum absolute atomic E-state index is 12.8. The largest absolute Gasteiger partial charge is 0.324 e. The Morgan fingerprint density at radius 1 is 0.871 bits per heavy atom. The van der Waals surface area contributed by atoms with Gasteiger partial charge in [-0.2, -0.15) is 0 Å². The van der Waals surface area contributed by atoms with E-state index in [1.54, 1.807) is 12.1 Å². The van der Waals surface area contributed by atoms with Crippen LogP contribution in [0.15, 0.2) is 78.9 Å². The highest BCUT2D eigenvalue weighted by molar-refractivity contribution is 7.92. The van der Waals surface area contributed by atoms with Gasteiger partial charge in [-0.05, 0) is 34.7 Å². The minimum Gasteiger partial charge on any atom is -0.324 e. The van der Waals surface area contributed by atoms with Crippen LogP contribution in [0, 0.1) is 0 Å². The summed E-state index contributed by atoms with van der Waals surface area (Å²) >= 11 is 0. The zero-order chi connectivity index (χ0) is 22.6. The average Bonchev–Trinajstić information content (AvgIpc) is 2.72. The van der Waals surface area contributed by atoms with Crippen molar-refractivity contribution in [1.82, 2.24) is 0 Å². The summed E-state index contributed by atoms with van der Waals surface area (Å²) in [7, 11) is -3.64. The number of nitrogens with zero attached hydrogens (tertiary/aromatic N) is 1. The molecule has 0 saturated heterocycles. The Morgan fingerprint density at radius 3 is 2.03 bits per heavy atom. The minimum atomic E-state index is -3.64. The third-order valence-electron chi connectivity index (χ3n) is 4.99. The van der Waals surface area contributed by atoms with Crippen molar-refractivity contribution in [3.63, 3.8) is 0 Å². The minimum absolute atomic E-state index is 0.0486. The number of carbonyl (C=O) groups is 1. The van der Waals surface area contributed by atoms with Crippen LogP contribution in [-0.4, -0.2) is 27.1 Å². The predicted octanol–water partition coefficient (Wildman–Crippen LogP) is 5.06. The molecule has 0 aliphatic carbocycles. The van der Waals surface area contributed by atoms with Gasteiger partial charge in [-0.1, -0.05) is 81.4 Å². The van der Waals surface area contributed by atoms with Gasteiger partial charge in [0.25, 0.3) is 0 Å². The Bertz CT molecular complexity index is 1150. The van der Waals surface area contributed by atoms with E-state index in [-0.39, 0.29) is 12.0 Å². The van der Waals surface area contributed by atoms with Gasteiger partial charge in [0, 0.05) is 11.3 Å². The maximum atomic E-state index is 12.8. The summed E-state index contributed by atoms with van der Waals surface area (Å²) in [6, 6.07) is 24.5. The van der Waals surface area contributed by atoms with Crippen LogP contribution in [0.3, 0.4) is 0 Å². The maximum Gasteiger partial charge on any atom is 0.245 e. The molecule has 3 rings (SSSR count). The number of sulfonamides is 1. The summed E-state index contributed by atoms with van der Waals surface area (Å²) in [5, 5.41) is 2.87. The lowest BCUT2D eigenvalue weighted by Crippen LogP contribution is -2.37. The second kappa shape index (κ2) is 8.94.